The van der Waals surface area contributed by atoms with E-state index in [9.17, 15) is 12.8 Å². The summed E-state index contributed by atoms with van der Waals surface area (Å²) in [6, 6.07) is 5.37. The summed E-state index contributed by atoms with van der Waals surface area (Å²) >= 11 is 0. The normalized spacial score (nSPS) is 13.9. The lowest BCUT2D eigenvalue weighted by Gasteiger charge is -2.17. The fourth-order valence-electron chi connectivity index (χ4n) is 1.26. The smallest absolute Gasteiger partial charge is 0.212 e. The van der Waals surface area contributed by atoms with Crippen molar-refractivity contribution in [1.29, 1.82) is 0 Å². The van der Waals surface area contributed by atoms with Crippen molar-refractivity contribution < 1.29 is 12.8 Å². The Morgan fingerprint density at radius 1 is 1.18 bits per heavy atom. The predicted octanol–water partition coefficient (Wildman–Crippen LogP) is 2.29. The van der Waals surface area contributed by atoms with Gasteiger partial charge < -0.3 is 0 Å². The van der Waals surface area contributed by atoms with Crippen LogP contribution in [-0.2, 0) is 15.8 Å². The molecule has 1 unspecified atom stereocenters. The Hall–Kier alpha value is -0.940. The first-order valence-corrected chi connectivity index (χ1v) is 7.20. The molecule has 96 valence electrons. The van der Waals surface area contributed by atoms with Gasteiger partial charge in [0.1, 0.15) is 5.82 Å². The van der Waals surface area contributed by atoms with Crippen LogP contribution in [0.4, 0.5) is 4.39 Å². The molecule has 0 heterocycles. The Morgan fingerprint density at radius 3 is 2.18 bits per heavy atom. The van der Waals surface area contributed by atoms with E-state index >= 15 is 0 Å². The predicted molar refractivity (Wildman–Crippen MR) is 66.5 cm³/mol. The fraction of sp³-hybridized carbons (Fsp3) is 0.500. The molecule has 1 atom stereocenters. The van der Waals surface area contributed by atoms with Crippen LogP contribution in [-0.4, -0.2) is 14.5 Å². The number of halogens is 1. The first-order chi connectivity index (χ1) is 7.80. The zero-order valence-corrected chi connectivity index (χ0v) is 11.1. The van der Waals surface area contributed by atoms with E-state index in [0.29, 0.717) is 5.56 Å². The van der Waals surface area contributed by atoms with Crippen LogP contribution in [0.15, 0.2) is 24.3 Å². The monoisotopic (exact) mass is 259 g/mol. The third-order valence-corrected chi connectivity index (χ3v) is 4.08. The van der Waals surface area contributed by atoms with Crippen LogP contribution in [0.2, 0.25) is 0 Å². The average molecular weight is 259 g/mol. The maximum Gasteiger partial charge on any atom is 0.216 e. The van der Waals surface area contributed by atoms with Crippen molar-refractivity contribution in [3.05, 3.63) is 35.6 Å². The summed E-state index contributed by atoms with van der Waals surface area (Å²) in [6.07, 6.45) is 0. The molecule has 0 aromatic heterocycles. The van der Waals surface area contributed by atoms with Gasteiger partial charge in [-0.15, -0.1) is 0 Å². The van der Waals surface area contributed by atoms with Crippen LogP contribution >= 0.6 is 0 Å². The van der Waals surface area contributed by atoms with E-state index < -0.39 is 10.0 Å². The van der Waals surface area contributed by atoms with Gasteiger partial charge in [-0.2, -0.15) is 0 Å². The van der Waals surface area contributed by atoms with Crippen molar-refractivity contribution in [2.24, 2.45) is 5.92 Å². The Balaban J connectivity index is 2.70. The molecule has 0 bridgehead atoms. The van der Waals surface area contributed by atoms with E-state index in [0.717, 1.165) is 0 Å². The Labute approximate surface area is 102 Å². The van der Waals surface area contributed by atoms with Gasteiger partial charge in [-0.1, -0.05) is 26.0 Å². The molecule has 0 aliphatic heterocycles. The summed E-state index contributed by atoms with van der Waals surface area (Å²) in [6.45, 7) is 5.73. The average Bonchev–Trinajstić information content (AvgIpc) is 2.20. The SMILES string of the molecule is CC(C)C(C)NS(=O)(=O)Cc1ccc(F)cc1. The van der Waals surface area contributed by atoms with E-state index in [2.05, 4.69) is 4.72 Å². The molecule has 0 radical (unpaired) electrons. The quantitative estimate of drug-likeness (QED) is 0.882. The van der Waals surface area contributed by atoms with Crippen LogP contribution in [0.3, 0.4) is 0 Å². The molecule has 1 aromatic rings. The van der Waals surface area contributed by atoms with Crippen LogP contribution in [0.25, 0.3) is 0 Å². The standard InChI is InChI=1S/C12H18FNO2S/c1-9(2)10(3)14-17(15,16)8-11-4-6-12(13)7-5-11/h4-7,9-10,14H,8H2,1-3H3. The molecule has 1 N–H and O–H groups in total. The maximum absolute atomic E-state index is 12.7. The Kier molecular flexibility index (Phi) is 4.65. The molecule has 0 aliphatic carbocycles. The van der Waals surface area contributed by atoms with Crippen LogP contribution in [0.1, 0.15) is 26.3 Å². The van der Waals surface area contributed by atoms with E-state index in [1.165, 1.54) is 24.3 Å². The summed E-state index contributed by atoms with van der Waals surface area (Å²) in [7, 11) is -3.36. The topological polar surface area (TPSA) is 46.2 Å². The lowest BCUT2D eigenvalue weighted by molar-refractivity contribution is 0.476. The van der Waals surface area contributed by atoms with Crippen molar-refractivity contribution in [3.63, 3.8) is 0 Å². The number of hydrogen-bond donors (Lipinski definition) is 1. The van der Waals surface area contributed by atoms with E-state index in [4.69, 9.17) is 0 Å². The summed E-state index contributed by atoms with van der Waals surface area (Å²) in [5.74, 6) is -0.253. The van der Waals surface area contributed by atoms with Crippen molar-refractivity contribution in [3.8, 4) is 0 Å². The van der Waals surface area contributed by atoms with Gasteiger partial charge in [-0.3, -0.25) is 0 Å². The molecular formula is C12H18FNO2S. The highest BCUT2D eigenvalue weighted by molar-refractivity contribution is 7.88. The second-order valence-electron chi connectivity index (χ2n) is 4.54. The van der Waals surface area contributed by atoms with Gasteiger partial charge in [0.15, 0.2) is 0 Å². The van der Waals surface area contributed by atoms with Gasteiger partial charge in [-0.25, -0.2) is 17.5 Å². The number of rotatable bonds is 5. The maximum atomic E-state index is 12.7. The number of sulfonamides is 1. The molecule has 1 aromatic carbocycles. The van der Waals surface area contributed by atoms with Gasteiger partial charge in [0, 0.05) is 6.04 Å². The molecule has 0 aliphatic rings. The van der Waals surface area contributed by atoms with Crippen LogP contribution in [0.5, 0.6) is 0 Å². The summed E-state index contributed by atoms with van der Waals surface area (Å²) < 4.78 is 38.9. The van der Waals surface area contributed by atoms with Gasteiger partial charge in [0.05, 0.1) is 5.75 Å². The molecule has 5 heteroatoms. The number of hydrogen-bond acceptors (Lipinski definition) is 2. The minimum Gasteiger partial charge on any atom is -0.212 e. The lowest BCUT2D eigenvalue weighted by Crippen LogP contribution is -2.36. The third kappa shape index (κ3) is 4.83. The van der Waals surface area contributed by atoms with E-state index in [1.54, 1.807) is 0 Å². The van der Waals surface area contributed by atoms with E-state index in [-0.39, 0.29) is 23.5 Å². The number of nitrogens with one attached hydrogen (secondary N) is 1. The molecule has 0 saturated carbocycles. The second kappa shape index (κ2) is 5.60. The zero-order valence-electron chi connectivity index (χ0n) is 10.3. The first-order valence-electron chi connectivity index (χ1n) is 5.54. The minimum atomic E-state index is -3.36. The van der Waals surface area contributed by atoms with Crippen molar-refractivity contribution in [1.82, 2.24) is 4.72 Å². The fourth-order valence-corrected chi connectivity index (χ4v) is 2.81. The highest BCUT2D eigenvalue weighted by Gasteiger charge is 2.17. The minimum absolute atomic E-state index is 0.111. The first kappa shape index (κ1) is 14.1. The van der Waals surface area contributed by atoms with Crippen molar-refractivity contribution in [2.75, 3.05) is 0 Å². The molecule has 0 amide bonds. The van der Waals surface area contributed by atoms with Gasteiger partial charge in [0.25, 0.3) is 0 Å². The summed E-state index contributed by atoms with van der Waals surface area (Å²) in [5.41, 5.74) is 0.579. The molecular weight excluding hydrogens is 241 g/mol. The molecule has 3 nitrogen and oxygen atoms in total. The second-order valence-corrected chi connectivity index (χ2v) is 6.29. The molecule has 0 spiro atoms. The van der Waals surface area contributed by atoms with Crippen molar-refractivity contribution >= 4 is 10.0 Å². The highest BCUT2D eigenvalue weighted by Crippen LogP contribution is 2.09. The van der Waals surface area contributed by atoms with Gasteiger partial charge >= 0.3 is 0 Å². The van der Waals surface area contributed by atoms with Gasteiger partial charge in [-0.05, 0) is 30.5 Å². The van der Waals surface area contributed by atoms with Crippen molar-refractivity contribution in [2.45, 2.75) is 32.6 Å². The zero-order chi connectivity index (χ0) is 13.1. The summed E-state index contributed by atoms with van der Waals surface area (Å²) in [4.78, 5) is 0. The van der Waals surface area contributed by atoms with Gasteiger partial charge in [0.2, 0.25) is 10.0 Å². The van der Waals surface area contributed by atoms with Crippen LogP contribution in [0, 0.1) is 11.7 Å². The number of benzene rings is 1. The van der Waals surface area contributed by atoms with Crippen LogP contribution < -0.4 is 4.72 Å². The summed E-state index contributed by atoms with van der Waals surface area (Å²) in [5, 5.41) is 0. The Bertz CT molecular complexity index is 454. The molecule has 1 rings (SSSR count). The van der Waals surface area contributed by atoms with E-state index in [1.807, 2.05) is 20.8 Å². The largest absolute Gasteiger partial charge is 0.216 e. The highest BCUT2D eigenvalue weighted by atomic mass is 32.2. The molecule has 0 fully saturated rings. The lowest BCUT2D eigenvalue weighted by atomic mass is 10.1. The Morgan fingerprint density at radius 2 is 1.71 bits per heavy atom. The molecule has 0 saturated heterocycles. The third-order valence-electron chi connectivity index (χ3n) is 2.64. The molecule has 17 heavy (non-hydrogen) atoms.